The van der Waals surface area contributed by atoms with Crippen LogP contribution in [0.25, 0.3) is 10.9 Å². The van der Waals surface area contributed by atoms with Crippen LogP contribution in [0.2, 0.25) is 0 Å². The van der Waals surface area contributed by atoms with Crippen molar-refractivity contribution in [3.63, 3.8) is 0 Å². The Morgan fingerprint density at radius 1 is 1.43 bits per heavy atom. The first-order valence-corrected chi connectivity index (χ1v) is 8.81. The zero-order chi connectivity index (χ0) is 15.0. The number of aryl methyl sites for hydroxylation is 1. The van der Waals surface area contributed by atoms with Crippen molar-refractivity contribution in [1.82, 2.24) is 10.3 Å². The van der Waals surface area contributed by atoms with Crippen LogP contribution in [0, 0.1) is 6.92 Å². The standard InChI is InChI=1S/C15H18N2O3S/c1-10-2-3-14-13(6-10)11(8-16-14)7-15(18)17-12-4-5-21(19,20)9-12/h2-3,6,8,12,16H,4-5,7,9H2,1H3,(H,17,18). The molecule has 0 bridgehead atoms. The van der Waals surface area contributed by atoms with E-state index in [1.807, 2.05) is 25.3 Å². The molecule has 1 fully saturated rings. The molecule has 112 valence electrons. The summed E-state index contributed by atoms with van der Waals surface area (Å²) < 4.78 is 22.8. The molecule has 2 heterocycles. The highest BCUT2D eigenvalue weighted by Crippen LogP contribution is 2.20. The fourth-order valence-corrected chi connectivity index (χ4v) is 4.47. The van der Waals surface area contributed by atoms with E-state index in [0.717, 1.165) is 22.0 Å². The summed E-state index contributed by atoms with van der Waals surface area (Å²) in [7, 11) is -2.96. The molecule has 1 aromatic carbocycles. The van der Waals surface area contributed by atoms with Gasteiger partial charge in [0, 0.05) is 23.1 Å². The van der Waals surface area contributed by atoms with Gasteiger partial charge in [-0.25, -0.2) is 8.42 Å². The van der Waals surface area contributed by atoms with Crippen LogP contribution in [0.1, 0.15) is 17.5 Å². The van der Waals surface area contributed by atoms with E-state index in [4.69, 9.17) is 0 Å². The van der Waals surface area contributed by atoms with E-state index in [0.29, 0.717) is 6.42 Å². The largest absolute Gasteiger partial charge is 0.361 e. The van der Waals surface area contributed by atoms with Gasteiger partial charge in [0.2, 0.25) is 5.91 Å². The zero-order valence-electron chi connectivity index (χ0n) is 11.8. The highest BCUT2D eigenvalue weighted by atomic mass is 32.2. The van der Waals surface area contributed by atoms with E-state index in [-0.39, 0.29) is 29.9 Å². The Labute approximate surface area is 123 Å². The van der Waals surface area contributed by atoms with Crippen LogP contribution in [0.3, 0.4) is 0 Å². The summed E-state index contributed by atoms with van der Waals surface area (Å²) in [6, 6.07) is 5.82. The summed E-state index contributed by atoms with van der Waals surface area (Å²) in [6.07, 6.45) is 2.62. The molecule has 0 spiro atoms. The van der Waals surface area contributed by atoms with Gasteiger partial charge in [0.25, 0.3) is 0 Å². The number of benzene rings is 1. The number of carbonyl (C=O) groups is 1. The van der Waals surface area contributed by atoms with Crippen LogP contribution in [0.5, 0.6) is 0 Å². The van der Waals surface area contributed by atoms with E-state index in [1.165, 1.54) is 0 Å². The molecule has 5 nitrogen and oxygen atoms in total. The lowest BCUT2D eigenvalue weighted by molar-refractivity contribution is -0.120. The van der Waals surface area contributed by atoms with Gasteiger partial charge in [-0.3, -0.25) is 4.79 Å². The molecule has 21 heavy (non-hydrogen) atoms. The molecular formula is C15H18N2O3S. The van der Waals surface area contributed by atoms with Gasteiger partial charge in [-0.1, -0.05) is 11.6 Å². The number of carbonyl (C=O) groups excluding carboxylic acids is 1. The lowest BCUT2D eigenvalue weighted by atomic mass is 10.1. The smallest absolute Gasteiger partial charge is 0.224 e. The minimum absolute atomic E-state index is 0.0612. The van der Waals surface area contributed by atoms with Crippen molar-refractivity contribution in [3.8, 4) is 0 Å². The third-order valence-corrected chi connectivity index (χ3v) is 5.64. The van der Waals surface area contributed by atoms with E-state index in [2.05, 4.69) is 16.4 Å². The van der Waals surface area contributed by atoms with Gasteiger partial charge in [0.1, 0.15) is 0 Å². The first-order chi connectivity index (χ1) is 9.93. The molecule has 0 aliphatic carbocycles. The maximum Gasteiger partial charge on any atom is 0.224 e. The van der Waals surface area contributed by atoms with Crippen molar-refractivity contribution in [2.45, 2.75) is 25.8 Å². The first kappa shape index (κ1) is 14.1. The molecule has 3 rings (SSSR count). The monoisotopic (exact) mass is 306 g/mol. The van der Waals surface area contributed by atoms with E-state index < -0.39 is 9.84 Å². The number of hydrogen-bond donors (Lipinski definition) is 2. The Hall–Kier alpha value is -1.82. The highest BCUT2D eigenvalue weighted by molar-refractivity contribution is 7.91. The van der Waals surface area contributed by atoms with Gasteiger partial charge in [-0.2, -0.15) is 0 Å². The van der Waals surface area contributed by atoms with Crippen molar-refractivity contribution >= 4 is 26.6 Å². The van der Waals surface area contributed by atoms with Gasteiger partial charge >= 0.3 is 0 Å². The number of aromatic nitrogens is 1. The maximum atomic E-state index is 12.1. The minimum atomic E-state index is -2.96. The SMILES string of the molecule is Cc1ccc2[nH]cc(CC(=O)NC3CCS(=O)(=O)C3)c2c1. The Kier molecular flexibility index (Phi) is 3.49. The topological polar surface area (TPSA) is 79.0 Å². The van der Waals surface area contributed by atoms with Crippen LogP contribution in [-0.4, -0.2) is 36.9 Å². The molecule has 0 radical (unpaired) electrons. The normalized spacial score (nSPS) is 20.7. The van der Waals surface area contributed by atoms with Crippen LogP contribution in [-0.2, 0) is 21.1 Å². The molecular weight excluding hydrogens is 288 g/mol. The fraction of sp³-hybridized carbons (Fsp3) is 0.400. The zero-order valence-corrected chi connectivity index (χ0v) is 12.7. The number of H-pyrrole nitrogens is 1. The van der Waals surface area contributed by atoms with Crippen molar-refractivity contribution in [2.75, 3.05) is 11.5 Å². The Morgan fingerprint density at radius 3 is 2.95 bits per heavy atom. The quantitative estimate of drug-likeness (QED) is 0.897. The summed E-state index contributed by atoms with van der Waals surface area (Å²) in [5, 5.41) is 3.87. The second-order valence-corrected chi connectivity index (χ2v) is 7.94. The van der Waals surface area contributed by atoms with Crippen LogP contribution in [0.15, 0.2) is 24.4 Å². The Morgan fingerprint density at radius 2 is 2.24 bits per heavy atom. The summed E-state index contributed by atoms with van der Waals surface area (Å²) in [6.45, 7) is 2.01. The molecule has 1 aliphatic heterocycles. The van der Waals surface area contributed by atoms with Gasteiger partial charge in [-0.05, 0) is 31.0 Å². The second kappa shape index (κ2) is 5.18. The van der Waals surface area contributed by atoms with Crippen molar-refractivity contribution in [3.05, 3.63) is 35.5 Å². The third kappa shape index (κ3) is 3.10. The molecule has 1 unspecified atom stereocenters. The average molecular weight is 306 g/mol. The summed E-state index contributed by atoms with van der Waals surface area (Å²) in [5.74, 6) is 0.107. The number of aromatic amines is 1. The van der Waals surface area contributed by atoms with Gasteiger partial charge in [0.15, 0.2) is 9.84 Å². The van der Waals surface area contributed by atoms with Gasteiger partial charge in [0.05, 0.1) is 17.9 Å². The minimum Gasteiger partial charge on any atom is -0.361 e. The lowest BCUT2D eigenvalue weighted by Crippen LogP contribution is -2.36. The predicted molar refractivity (Wildman–Crippen MR) is 81.9 cm³/mol. The fourth-order valence-electron chi connectivity index (χ4n) is 2.80. The number of amides is 1. The summed E-state index contributed by atoms with van der Waals surface area (Å²) in [4.78, 5) is 15.2. The number of sulfone groups is 1. The van der Waals surface area contributed by atoms with Crippen LogP contribution in [0.4, 0.5) is 0 Å². The molecule has 0 saturated carbocycles. The number of hydrogen-bond acceptors (Lipinski definition) is 3. The highest BCUT2D eigenvalue weighted by Gasteiger charge is 2.28. The molecule has 2 N–H and O–H groups in total. The van der Waals surface area contributed by atoms with Crippen LogP contribution >= 0.6 is 0 Å². The molecule has 1 amide bonds. The third-order valence-electron chi connectivity index (χ3n) is 3.87. The van der Waals surface area contributed by atoms with Crippen molar-refractivity contribution < 1.29 is 13.2 Å². The van der Waals surface area contributed by atoms with E-state index in [1.54, 1.807) is 0 Å². The Balaban J connectivity index is 1.70. The number of nitrogens with one attached hydrogen (secondary N) is 2. The molecule has 2 aromatic rings. The van der Waals surface area contributed by atoms with E-state index in [9.17, 15) is 13.2 Å². The lowest BCUT2D eigenvalue weighted by Gasteiger charge is -2.10. The van der Waals surface area contributed by atoms with Crippen molar-refractivity contribution in [1.29, 1.82) is 0 Å². The van der Waals surface area contributed by atoms with Gasteiger partial charge < -0.3 is 10.3 Å². The second-order valence-electron chi connectivity index (χ2n) is 5.71. The van der Waals surface area contributed by atoms with E-state index >= 15 is 0 Å². The predicted octanol–water partition coefficient (Wildman–Crippen LogP) is 1.32. The summed E-state index contributed by atoms with van der Waals surface area (Å²) >= 11 is 0. The van der Waals surface area contributed by atoms with Crippen molar-refractivity contribution in [2.24, 2.45) is 0 Å². The molecule has 6 heteroatoms. The maximum absolute atomic E-state index is 12.1. The number of rotatable bonds is 3. The Bertz CT molecular complexity index is 792. The number of fused-ring (bicyclic) bond motifs is 1. The molecule has 1 saturated heterocycles. The van der Waals surface area contributed by atoms with Crippen LogP contribution < -0.4 is 5.32 Å². The molecule has 1 aliphatic rings. The van der Waals surface area contributed by atoms with Gasteiger partial charge in [-0.15, -0.1) is 0 Å². The summed E-state index contributed by atoms with van der Waals surface area (Å²) in [5.41, 5.74) is 3.09. The molecule has 1 aromatic heterocycles. The first-order valence-electron chi connectivity index (χ1n) is 6.99. The average Bonchev–Trinajstić information content (AvgIpc) is 2.93. The molecule has 1 atom stereocenters.